The van der Waals surface area contributed by atoms with Gasteiger partial charge < -0.3 is 15.0 Å². The van der Waals surface area contributed by atoms with Crippen LogP contribution >= 0.6 is 11.8 Å². The average Bonchev–Trinajstić information content (AvgIpc) is 2.72. The molecule has 0 saturated heterocycles. The Morgan fingerprint density at radius 1 is 1.50 bits per heavy atom. The van der Waals surface area contributed by atoms with E-state index < -0.39 is 12.0 Å². The van der Waals surface area contributed by atoms with E-state index in [4.69, 9.17) is 5.11 Å². The maximum Gasteiger partial charge on any atom is 0.313 e. The zero-order chi connectivity index (χ0) is 13.7. The molecular formula is C11H17N3O3S. The molecule has 1 aromatic rings. The number of hydrogen-bond acceptors (Lipinski definition) is 4. The minimum absolute atomic E-state index is 0.0681. The van der Waals surface area contributed by atoms with Gasteiger partial charge in [-0.1, -0.05) is 11.8 Å². The van der Waals surface area contributed by atoms with Crippen LogP contribution in [0, 0.1) is 0 Å². The van der Waals surface area contributed by atoms with Gasteiger partial charge in [-0.05, 0) is 20.8 Å². The first-order valence-corrected chi connectivity index (χ1v) is 6.58. The van der Waals surface area contributed by atoms with Crippen molar-refractivity contribution in [3.63, 3.8) is 0 Å². The molecule has 1 atom stereocenters. The van der Waals surface area contributed by atoms with Gasteiger partial charge in [0.25, 0.3) is 0 Å². The van der Waals surface area contributed by atoms with Crippen molar-refractivity contribution in [3.8, 4) is 0 Å². The lowest BCUT2D eigenvalue weighted by Crippen LogP contribution is -2.35. The molecule has 1 rings (SSSR count). The second-order valence-electron chi connectivity index (χ2n) is 4.14. The van der Waals surface area contributed by atoms with Crippen LogP contribution in [0.15, 0.2) is 17.6 Å². The second-order valence-corrected chi connectivity index (χ2v) is 5.08. The molecule has 0 aliphatic carbocycles. The fraction of sp³-hybridized carbons (Fsp3) is 0.545. The van der Waals surface area contributed by atoms with E-state index in [2.05, 4.69) is 10.3 Å². The number of thioether (sulfide) groups is 1. The van der Waals surface area contributed by atoms with Crippen molar-refractivity contribution >= 4 is 23.6 Å². The summed E-state index contributed by atoms with van der Waals surface area (Å²) < 4.78 is 1.67. The van der Waals surface area contributed by atoms with Crippen LogP contribution in [-0.2, 0) is 9.59 Å². The van der Waals surface area contributed by atoms with Crippen LogP contribution in [0.4, 0.5) is 0 Å². The number of aliphatic carboxylic acids is 1. The highest BCUT2D eigenvalue weighted by molar-refractivity contribution is 7.99. The van der Waals surface area contributed by atoms with E-state index in [1.807, 2.05) is 13.8 Å². The van der Waals surface area contributed by atoms with Crippen LogP contribution in [-0.4, -0.2) is 38.3 Å². The topological polar surface area (TPSA) is 84.2 Å². The normalized spacial score (nSPS) is 12.4. The molecule has 0 spiro atoms. The Labute approximate surface area is 110 Å². The Bertz CT molecular complexity index is 431. The number of carbonyl (C=O) groups excluding carboxylic acids is 1. The molecule has 18 heavy (non-hydrogen) atoms. The number of hydrogen-bond donors (Lipinski definition) is 2. The minimum Gasteiger partial charge on any atom is -0.481 e. The summed E-state index contributed by atoms with van der Waals surface area (Å²) in [6.45, 7) is 5.53. The molecule has 0 aliphatic rings. The molecular weight excluding hydrogens is 254 g/mol. The van der Waals surface area contributed by atoms with Crippen LogP contribution in [0.2, 0.25) is 0 Å². The van der Waals surface area contributed by atoms with Gasteiger partial charge in [0.05, 0.1) is 5.75 Å². The van der Waals surface area contributed by atoms with Gasteiger partial charge in [-0.25, -0.2) is 4.98 Å². The summed E-state index contributed by atoms with van der Waals surface area (Å²) in [6.07, 6.45) is 3.23. The predicted octanol–water partition coefficient (Wildman–Crippen LogP) is 1.15. The third-order valence-corrected chi connectivity index (χ3v) is 3.15. The van der Waals surface area contributed by atoms with E-state index in [1.54, 1.807) is 23.9 Å². The fourth-order valence-electron chi connectivity index (χ4n) is 1.36. The molecule has 1 heterocycles. The number of amides is 1. The van der Waals surface area contributed by atoms with Gasteiger partial charge in [0.1, 0.15) is 6.04 Å². The van der Waals surface area contributed by atoms with Crippen molar-refractivity contribution in [1.82, 2.24) is 14.9 Å². The number of carboxylic acids is 1. The Morgan fingerprint density at radius 3 is 2.72 bits per heavy atom. The lowest BCUT2D eigenvalue weighted by Gasteiger charge is -2.17. The third kappa shape index (κ3) is 4.06. The van der Waals surface area contributed by atoms with E-state index in [-0.39, 0.29) is 17.7 Å². The molecule has 0 bridgehead atoms. The van der Waals surface area contributed by atoms with Crippen molar-refractivity contribution in [2.45, 2.75) is 38.0 Å². The number of rotatable bonds is 6. The maximum absolute atomic E-state index is 11.9. The zero-order valence-corrected chi connectivity index (χ0v) is 11.4. The molecule has 0 fully saturated rings. The Kier molecular flexibility index (Phi) is 5.21. The van der Waals surface area contributed by atoms with Gasteiger partial charge in [0, 0.05) is 18.4 Å². The lowest BCUT2D eigenvalue weighted by molar-refractivity contribution is -0.134. The van der Waals surface area contributed by atoms with Crippen molar-refractivity contribution in [2.75, 3.05) is 5.75 Å². The molecule has 0 saturated carbocycles. The lowest BCUT2D eigenvalue weighted by atomic mass is 10.3. The van der Waals surface area contributed by atoms with Crippen LogP contribution in [0.25, 0.3) is 0 Å². The van der Waals surface area contributed by atoms with Gasteiger partial charge in [0.15, 0.2) is 5.16 Å². The largest absolute Gasteiger partial charge is 0.481 e. The maximum atomic E-state index is 11.9. The summed E-state index contributed by atoms with van der Waals surface area (Å²) in [5.74, 6) is -1.09. The highest BCUT2D eigenvalue weighted by atomic mass is 32.2. The summed E-state index contributed by atoms with van der Waals surface area (Å²) in [6, 6.07) is -0.343. The van der Waals surface area contributed by atoms with E-state index in [0.29, 0.717) is 5.16 Å². The first kappa shape index (κ1) is 14.6. The van der Waals surface area contributed by atoms with Crippen molar-refractivity contribution in [2.24, 2.45) is 0 Å². The summed E-state index contributed by atoms with van der Waals surface area (Å²) in [4.78, 5) is 26.4. The van der Waals surface area contributed by atoms with Crippen LogP contribution in [0.1, 0.15) is 26.8 Å². The van der Waals surface area contributed by atoms with Gasteiger partial charge >= 0.3 is 5.97 Å². The fourth-order valence-corrected chi connectivity index (χ4v) is 2.12. The molecule has 7 heteroatoms. The molecule has 1 amide bonds. The standard InChI is InChI=1S/C11H17N3O3S/c1-7(2)13-10(17)8(3)14-5-4-12-11(14)18-6-9(15)16/h4-5,7-8H,6H2,1-3H3,(H,13,17)(H,15,16). The average molecular weight is 271 g/mol. The Hall–Kier alpha value is -1.50. The van der Waals surface area contributed by atoms with Crippen LogP contribution < -0.4 is 5.32 Å². The Morgan fingerprint density at radius 2 is 2.17 bits per heavy atom. The number of nitrogens with zero attached hydrogens (tertiary/aromatic N) is 2. The van der Waals surface area contributed by atoms with E-state index >= 15 is 0 Å². The highest BCUT2D eigenvalue weighted by Crippen LogP contribution is 2.20. The first-order chi connectivity index (χ1) is 8.41. The number of aromatic nitrogens is 2. The van der Waals surface area contributed by atoms with Gasteiger partial charge in [-0.3, -0.25) is 9.59 Å². The van der Waals surface area contributed by atoms with Crippen molar-refractivity contribution in [1.29, 1.82) is 0 Å². The van der Waals surface area contributed by atoms with Gasteiger partial charge in [0.2, 0.25) is 5.91 Å². The number of imidazole rings is 1. The third-order valence-electron chi connectivity index (χ3n) is 2.19. The zero-order valence-electron chi connectivity index (χ0n) is 10.6. The summed E-state index contributed by atoms with van der Waals surface area (Å²) >= 11 is 1.10. The molecule has 0 radical (unpaired) electrons. The van der Waals surface area contributed by atoms with Gasteiger partial charge in [-0.2, -0.15) is 0 Å². The summed E-state index contributed by atoms with van der Waals surface area (Å²) in [7, 11) is 0. The van der Waals surface area contributed by atoms with Gasteiger partial charge in [-0.15, -0.1) is 0 Å². The Balaban J connectivity index is 2.73. The van der Waals surface area contributed by atoms with Crippen molar-refractivity contribution < 1.29 is 14.7 Å². The van der Waals surface area contributed by atoms with Crippen LogP contribution in [0.5, 0.6) is 0 Å². The molecule has 6 nitrogen and oxygen atoms in total. The quantitative estimate of drug-likeness (QED) is 0.758. The highest BCUT2D eigenvalue weighted by Gasteiger charge is 2.18. The summed E-state index contributed by atoms with van der Waals surface area (Å²) in [5, 5.41) is 12.0. The second kappa shape index (κ2) is 6.44. The molecule has 1 unspecified atom stereocenters. The molecule has 1 aromatic heterocycles. The molecule has 100 valence electrons. The SMILES string of the molecule is CC(C)NC(=O)C(C)n1ccnc1SCC(=O)O. The first-order valence-electron chi connectivity index (χ1n) is 5.59. The number of nitrogens with one attached hydrogen (secondary N) is 1. The predicted molar refractivity (Wildman–Crippen MR) is 68.6 cm³/mol. The molecule has 2 N–H and O–H groups in total. The van der Waals surface area contributed by atoms with Crippen molar-refractivity contribution in [3.05, 3.63) is 12.4 Å². The van der Waals surface area contributed by atoms with E-state index in [1.165, 1.54) is 0 Å². The minimum atomic E-state index is -0.908. The smallest absolute Gasteiger partial charge is 0.313 e. The summed E-state index contributed by atoms with van der Waals surface area (Å²) in [5.41, 5.74) is 0. The van der Waals surface area contributed by atoms with E-state index in [9.17, 15) is 9.59 Å². The van der Waals surface area contributed by atoms with E-state index in [0.717, 1.165) is 11.8 Å². The molecule has 0 aliphatic heterocycles. The number of carbonyl (C=O) groups is 2. The van der Waals surface area contributed by atoms with Crippen LogP contribution in [0.3, 0.4) is 0 Å². The number of carboxylic acid groups (broad SMARTS) is 1. The monoisotopic (exact) mass is 271 g/mol. The molecule has 0 aromatic carbocycles.